The Kier molecular flexibility index (Phi) is 3.98. The molecule has 0 spiro atoms. The average molecular weight is 280 g/mol. The third-order valence-electron chi connectivity index (χ3n) is 2.17. The quantitative estimate of drug-likeness (QED) is 0.810. The molecule has 90 valence electrons. The molecule has 1 aromatic carbocycles. The highest BCUT2D eigenvalue weighted by molar-refractivity contribution is 6.31. The summed E-state index contributed by atoms with van der Waals surface area (Å²) in [5.74, 6) is 0.484. The normalized spacial score (nSPS) is 9.83. The molecule has 0 atom stereocenters. The second-order valence-corrected chi connectivity index (χ2v) is 4.14. The number of ether oxygens (including phenoxy) is 1. The molecule has 0 N–H and O–H groups in total. The third-order valence-corrected chi connectivity index (χ3v) is 2.73. The molecule has 0 aliphatic rings. The molecule has 1 aromatic heterocycles. The first-order valence-corrected chi connectivity index (χ1v) is 5.73. The highest BCUT2D eigenvalue weighted by Crippen LogP contribution is 2.19. The fraction of sp³-hybridized carbons (Fsp3) is 0.0833. The molecule has 0 radical (unpaired) electrons. The zero-order valence-electron chi connectivity index (χ0n) is 9.10. The van der Waals surface area contributed by atoms with Crippen LogP contribution in [0.4, 0.5) is 0 Å². The Hall–Kier alpha value is -1.83. The van der Waals surface area contributed by atoms with Gasteiger partial charge in [0.15, 0.2) is 5.75 Å². The van der Waals surface area contributed by atoms with Crippen LogP contribution in [0.2, 0.25) is 10.3 Å². The van der Waals surface area contributed by atoms with Gasteiger partial charge in [-0.3, -0.25) is 0 Å². The van der Waals surface area contributed by atoms with E-state index in [9.17, 15) is 0 Å². The maximum Gasteiger partial charge on any atom is 0.222 e. The molecule has 0 saturated carbocycles. The fourth-order valence-corrected chi connectivity index (χ4v) is 1.56. The molecular weight excluding hydrogens is 273 g/mol. The Morgan fingerprint density at radius 3 is 2.61 bits per heavy atom. The van der Waals surface area contributed by atoms with Crippen molar-refractivity contribution in [2.24, 2.45) is 0 Å². The van der Waals surface area contributed by atoms with E-state index in [1.165, 1.54) is 12.4 Å². The maximum atomic E-state index is 8.80. The SMILES string of the molecule is N#Cc1ccc(Cl)c(COc2cnc(Cl)nc2)c1. The molecule has 0 aliphatic heterocycles. The molecule has 0 saturated heterocycles. The van der Waals surface area contributed by atoms with Crippen LogP contribution in [0.25, 0.3) is 0 Å². The molecule has 18 heavy (non-hydrogen) atoms. The molecule has 0 aliphatic carbocycles. The summed E-state index contributed by atoms with van der Waals surface area (Å²) in [6.45, 7) is 0.235. The number of aromatic nitrogens is 2. The largest absolute Gasteiger partial charge is 0.486 e. The van der Waals surface area contributed by atoms with Crippen LogP contribution in [0.1, 0.15) is 11.1 Å². The zero-order chi connectivity index (χ0) is 13.0. The fourth-order valence-electron chi connectivity index (χ4n) is 1.29. The molecule has 0 unspecified atom stereocenters. The van der Waals surface area contributed by atoms with Gasteiger partial charge >= 0.3 is 0 Å². The topological polar surface area (TPSA) is 58.8 Å². The lowest BCUT2D eigenvalue weighted by Crippen LogP contribution is -1.98. The van der Waals surface area contributed by atoms with Crippen LogP contribution in [0.3, 0.4) is 0 Å². The van der Waals surface area contributed by atoms with Crippen molar-refractivity contribution in [2.75, 3.05) is 0 Å². The van der Waals surface area contributed by atoms with Crippen LogP contribution in [-0.4, -0.2) is 9.97 Å². The molecule has 0 bridgehead atoms. The van der Waals surface area contributed by atoms with Crippen molar-refractivity contribution < 1.29 is 4.74 Å². The van der Waals surface area contributed by atoms with E-state index in [1.807, 2.05) is 6.07 Å². The highest BCUT2D eigenvalue weighted by atomic mass is 35.5. The number of rotatable bonds is 3. The van der Waals surface area contributed by atoms with Crippen molar-refractivity contribution in [3.8, 4) is 11.8 Å². The van der Waals surface area contributed by atoms with E-state index in [1.54, 1.807) is 18.2 Å². The molecule has 0 amide bonds. The van der Waals surface area contributed by atoms with E-state index in [4.69, 9.17) is 33.2 Å². The van der Waals surface area contributed by atoms with Crippen molar-refractivity contribution >= 4 is 23.2 Å². The highest BCUT2D eigenvalue weighted by Gasteiger charge is 2.04. The predicted molar refractivity (Wildman–Crippen MR) is 67.5 cm³/mol. The van der Waals surface area contributed by atoms with Gasteiger partial charge in [0.05, 0.1) is 24.0 Å². The van der Waals surface area contributed by atoms with Gasteiger partial charge in [-0.2, -0.15) is 5.26 Å². The number of halogens is 2. The van der Waals surface area contributed by atoms with Crippen LogP contribution in [-0.2, 0) is 6.61 Å². The Morgan fingerprint density at radius 1 is 1.22 bits per heavy atom. The van der Waals surface area contributed by atoms with Crippen LogP contribution < -0.4 is 4.74 Å². The Morgan fingerprint density at radius 2 is 1.94 bits per heavy atom. The zero-order valence-corrected chi connectivity index (χ0v) is 10.6. The van der Waals surface area contributed by atoms with Crippen LogP contribution >= 0.6 is 23.2 Å². The Bertz CT molecular complexity index is 593. The Balaban J connectivity index is 2.10. The summed E-state index contributed by atoms with van der Waals surface area (Å²) >= 11 is 11.6. The van der Waals surface area contributed by atoms with Gasteiger partial charge in [0, 0.05) is 10.6 Å². The lowest BCUT2D eigenvalue weighted by Gasteiger charge is -2.07. The number of benzene rings is 1. The molecule has 0 fully saturated rings. The number of nitrogens with zero attached hydrogens (tertiary/aromatic N) is 3. The molecule has 2 aromatic rings. The second-order valence-electron chi connectivity index (χ2n) is 3.39. The van der Waals surface area contributed by atoms with E-state index in [2.05, 4.69) is 9.97 Å². The van der Waals surface area contributed by atoms with E-state index < -0.39 is 0 Å². The summed E-state index contributed by atoms with van der Waals surface area (Å²) in [5.41, 5.74) is 1.26. The van der Waals surface area contributed by atoms with Gasteiger partial charge in [-0.15, -0.1) is 0 Å². The van der Waals surface area contributed by atoms with Gasteiger partial charge in [-0.25, -0.2) is 9.97 Å². The van der Waals surface area contributed by atoms with Gasteiger partial charge in [0.25, 0.3) is 0 Å². The predicted octanol–water partition coefficient (Wildman–Crippen LogP) is 3.23. The van der Waals surface area contributed by atoms with Crippen molar-refractivity contribution in [3.05, 3.63) is 52.0 Å². The summed E-state index contributed by atoms with van der Waals surface area (Å²) in [6.07, 6.45) is 2.94. The van der Waals surface area contributed by atoms with Crippen molar-refractivity contribution in [1.82, 2.24) is 9.97 Å². The lowest BCUT2D eigenvalue weighted by atomic mass is 10.1. The van der Waals surface area contributed by atoms with Gasteiger partial charge in [0.2, 0.25) is 5.28 Å². The number of nitriles is 1. The lowest BCUT2D eigenvalue weighted by molar-refractivity contribution is 0.303. The van der Waals surface area contributed by atoms with Crippen LogP contribution in [0.15, 0.2) is 30.6 Å². The van der Waals surface area contributed by atoms with Gasteiger partial charge in [-0.1, -0.05) is 11.6 Å². The average Bonchev–Trinajstić information content (AvgIpc) is 2.40. The molecule has 4 nitrogen and oxygen atoms in total. The first-order chi connectivity index (χ1) is 8.69. The summed E-state index contributed by atoms with van der Waals surface area (Å²) in [4.78, 5) is 7.58. The first kappa shape index (κ1) is 12.6. The standard InChI is InChI=1S/C12H7Cl2N3O/c13-11-2-1-8(4-15)3-9(11)7-18-10-5-16-12(14)17-6-10/h1-3,5-6H,7H2. The molecule has 1 heterocycles. The minimum absolute atomic E-state index is 0.159. The minimum Gasteiger partial charge on any atom is -0.486 e. The van der Waals surface area contributed by atoms with Crippen molar-refractivity contribution in [2.45, 2.75) is 6.61 Å². The van der Waals surface area contributed by atoms with Crippen LogP contribution in [0, 0.1) is 11.3 Å². The van der Waals surface area contributed by atoms with E-state index >= 15 is 0 Å². The van der Waals surface area contributed by atoms with Crippen molar-refractivity contribution in [3.63, 3.8) is 0 Å². The van der Waals surface area contributed by atoms with Gasteiger partial charge < -0.3 is 4.74 Å². The molecular formula is C12H7Cl2N3O. The van der Waals surface area contributed by atoms with Crippen LogP contribution in [0.5, 0.6) is 5.75 Å². The van der Waals surface area contributed by atoms with Gasteiger partial charge in [0.1, 0.15) is 6.61 Å². The second kappa shape index (κ2) is 5.67. The summed E-state index contributed by atoms with van der Waals surface area (Å²) in [7, 11) is 0. The summed E-state index contributed by atoms with van der Waals surface area (Å²) < 4.78 is 5.45. The smallest absolute Gasteiger partial charge is 0.222 e. The first-order valence-electron chi connectivity index (χ1n) is 4.98. The van der Waals surface area contributed by atoms with E-state index in [0.717, 1.165) is 5.56 Å². The number of hydrogen-bond acceptors (Lipinski definition) is 4. The minimum atomic E-state index is 0.159. The third kappa shape index (κ3) is 3.10. The monoisotopic (exact) mass is 279 g/mol. The number of hydrogen-bond donors (Lipinski definition) is 0. The van der Waals surface area contributed by atoms with E-state index in [-0.39, 0.29) is 11.9 Å². The molecule has 6 heteroatoms. The Labute approximate surface area is 114 Å². The van der Waals surface area contributed by atoms with Crippen molar-refractivity contribution in [1.29, 1.82) is 5.26 Å². The molecule has 2 rings (SSSR count). The summed E-state index contributed by atoms with van der Waals surface area (Å²) in [6, 6.07) is 7.04. The summed E-state index contributed by atoms with van der Waals surface area (Å²) in [5, 5.41) is 9.50. The maximum absolute atomic E-state index is 8.80. The van der Waals surface area contributed by atoms with Gasteiger partial charge in [-0.05, 0) is 29.8 Å². The van der Waals surface area contributed by atoms with E-state index in [0.29, 0.717) is 16.3 Å².